The molecule has 0 saturated heterocycles. The maximum atomic E-state index is 15.0. The fourth-order valence-electron chi connectivity index (χ4n) is 3.35. The van der Waals surface area contributed by atoms with Gasteiger partial charge in [0.1, 0.15) is 5.82 Å². The number of pyridine rings is 1. The molecule has 0 spiro atoms. The molecule has 32 heavy (non-hydrogen) atoms. The van der Waals surface area contributed by atoms with Gasteiger partial charge in [-0.3, -0.25) is 19.3 Å². The van der Waals surface area contributed by atoms with E-state index in [1.54, 1.807) is 55.0 Å². The van der Waals surface area contributed by atoms with Gasteiger partial charge in [0.2, 0.25) is 11.3 Å². The van der Waals surface area contributed by atoms with Crippen LogP contribution < -0.4 is 4.72 Å². The maximum Gasteiger partial charge on any atom is 0.231 e. The van der Waals surface area contributed by atoms with Gasteiger partial charge in [-0.25, -0.2) is 18.3 Å². The van der Waals surface area contributed by atoms with Crippen molar-refractivity contribution in [1.29, 1.82) is 0 Å². The molecule has 0 fully saturated rings. The highest BCUT2D eigenvalue weighted by molar-refractivity contribution is 7.77. The lowest BCUT2D eigenvalue weighted by atomic mass is 9.98. The molecule has 0 saturated carbocycles. The zero-order chi connectivity index (χ0) is 22.5. The summed E-state index contributed by atoms with van der Waals surface area (Å²) < 4.78 is 36.7. The second kappa shape index (κ2) is 9.82. The third kappa shape index (κ3) is 4.91. The number of aryl methyl sites for hydroxylation is 1. The Balaban J connectivity index is 1.60. The van der Waals surface area contributed by atoms with Crippen LogP contribution in [0.25, 0.3) is 22.3 Å². The third-order valence-corrected chi connectivity index (χ3v) is 5.38. The van der Waals surface area contributed by atoms with Crippen LogP contribution in [-0.2, 0) is 17.7 Å². The predicted octanol–water partition coefficient (Wildman–Crippen LogP) is 3.72. The summed E-state index contributed by atoms with van der Waals surface area (Å²) in [6.07, 6.45) is 5.77. The number of carbonyl (C=O) groups is 1. The number of nitrogens with one attached hydrogen (secondary N) is 1. The highest BCUT2D eigenvalue weighted by Gasteiger charge is 2.17. The first-order valence-corrected chi connectivity index (χ1v) is 11.0. The molecule has 4 rings (SSSR count). The van der Waals surface area contributed by atoms with E-state index in [1.807, 2.05) is 6.07 Å². The maximum absolute atomic E-state index is 15.0. The standard InChI is InChI=1S/C23H19FN4O3S/c24-22-15(5-3-11-27-32(30)31)4-1-7-18(22)23(29)16-8-9-19-20(12-16)28-21(14-26-19)17-6-2-10-25-13-17/h1-2,4,6-10,12-14,27H,3,5,11H2,(H,30,31). The van der Waals surface area contributed by atoms with Gasteiger partial charge in [-0.05, 0) is 54.8 Å². The van der Waals surface area contributed by atoms with Crippen LogP contribution in [0.1, 0.15) is 27.9 Å². The Morgan fingerprint density at radius 2 is 1.97 bits per heavy atom. The van der Waals surface area contributed by atoms with Gasteiger partial charge in [0.25, 0.3) is 0 Å². The Morgan fingerprint density at radius 3 is 2.75 bits per heavy atom. The van der Waals surface area contributed by atoms with Crippen LogP contribution >= 0.6 is 0 Å². The van der Waals surface area contributed by atoms with E-state index < -0.39 is 22.9 Å². The van der Waals surface area contributed by atoms with Crippen molar-refractivity contribution in [2.24, 2.45) is 0 Å². The molecule has 0 aliphatic rings. The Bertz CT molecular complexity index is 1300. The fourth-order valence-corrected chi connectivity index (χ4v) is 3.67. The van der Waals surface area contributed by atoms with E-state index in [2.05, 4.69) is 19.7 Å². The van der Waals surface area contributed by atoms with Gasteiger partial charge in [-0.1, -0.05) is 12.1 Å². The number of hydrogen-bond donors (Lipinski definition) is 2. The van der Waals surface area contributed by atoms with E-state index in [9.17, 15) is 9.00 Å². The minimum absolute atomic E-state index is 0.0306. The molecule has 9 heteroatoms. The Kier molecular flexibility index (Phi) is 6.69. The SMILES string of the molecule is O=C(c1ccc2ncc(-c3cccnc3)nc2c1)c1cccc(CCCNS(=O)O)c1F. The molecular weight excluding hydrogens is 431 g/mol. The van der Waals surface area contributed by atoms with Crippen LogP contribution in [0.4, 0.5) is 4.39 Å². The number of aromatic nitrogens is 3. The van der Waals surface area contributed by atoms with Crippen LogP contribution in [0.15, 0.2) is 67.1 Å². The van der Waals surface area contributed by atoms with Crippen molar-refractivity contribution in [1.82, 2.24) is 19.7 Å². The Hall–Kier alpha value is -3.40. The fraction of sp³-hybridized carbons (Fsp3) is 0.130. The monoisotopic (exact) mass is 450 g/mol. The molecule has 7 nitrogen and oxygen atoms in total. The number of hydrogen-bond acceptors (Lipinski definition) is 5. The number of fused-ring (bicyclic) bond motifs is 1. The van der Waals surface area contributed by atoms with Crippen molar-refractivity contribution in [3.05, 3.63) is 89.6 Å². The average molecular weight is 450 g/mol. The lowest BCUT2D eigenvalue weighted by molar-refractivity contribution is 0.103. The molecule has 0 aliphatic carbocycles. The number of ketones is 1. The smallest absolute Gasteiger partial charge is 0.231 e. The second-order valence-electron chi connectivity index (χ2n) is 7.06. The van der Waals surface area contributed by atoms with E-state index in [0.29, 0.717) is 40.7 Å². The molecule has 1 unspecified atom stereocenters. The van der Waals surface area contributed by atoms with E-state index in [-0.39, 0.29) is 12.1 Å². The molecule has 2 heterocycles. The van der Waals surface area contributed by atoms with E-state index in [0.717, 1.165) is 5.56 Å². The molecule has 0 radical (unpaired) electrons. The predicted molar refractivity (Wildman–Crippen MR) is 120 cm³/mol. The lowest BCUT2D eigenvalue weighted by Crippen LogP contribution is -2.18. The molecule has 2 aromatic carbocycles. The van der Waals surface area contributed by atoms with Gasteiger partial charge in [0, 0.05) is 30.1 Å². The Morgan fingerprint density at radius 1 is 1.09 bits per heavy atom. The molecule has 162 valence electrons. The van der Waals surface area contributed by atoms with Gasteiger partial charge in [-0.15, -0.1) is 0 Å². The van der Waals surface area contributed by atoms with Gasteiger partial charge >= 0.3 is 0 Å². The van der Waals surface area contributed by atoms with Crippen molar-refractivity contribution in [2.45, 2.75) is 12.8 Å². The van der Waals surface area contributed by atoms with Crippen LogP contribution in [-0.4, -0.2) is 36.0 Å². The number of rotatable bonds is 8. The largest absolute Gasteiger partial charge is 0.294 e. The minimum Gasteiger partial charge on any atom is -0.294 e. The normalized spacial score (nSPS) is 12.1. The lowest BCUT2D eigenvalue weighted by Gasteiger charge is -2.09. The zero-order valence-electron chi connectivity index (χ0n) is 16.9. The molecule has 2 N–H and O–H groups in total. The highest BCUT2D eigenvalue weighted by atomic mass is 32.2. The quantitative estimate of drug-likeness (QED) is 0.241. The van der Waals surface area contributed by atoms with Crippen molar-refractivity contribution in [2.75, 3.05) is 6.54 Å². The van der Waals surface area contributed by atoms with Crippen LogP contribution in [0.3, 0.4) is 0 Å². The summed E-state index contributed by atoms with van der Waals surface area (Å²) in [5.74, 6) is -1.03. The summed E-state index contributed by atoms with van der Waals surface area (Å²) in [7, 11) is 0. The minimum atomic E-state index is -2.10. The first-order valence-electron chi connectivity index (χ1n) is 9.86. The first-order chi connectivity index (χ1) is 15.5. The first kappa shape index (κ1) is 21.8. The summed E-state index contributed by atoms with van der Waals surface area (Å²) in [5.41, 5.74) is 3.23. The van der Waals surface area contributed by atoms with Crippen LogP contribution in [0.5, 0.6) is 0 Å². The Labute approximate surface area is 186 Å². The van der Waals surface area contributed by atoms with Crippen molar-refractivity contribution in [3.8, 4) is 11.3 Å². The topological polar surface area (TPSA) is 105 Å². The van der Waals surface area contributed by atoms with Crippen LogP contribution in [0, 0.1) is 5.82 Å². The van der Waals surface area contributed by atoms with Crippen molar-refractivity contribution in [3.63, 3.8) is 0 Å². The number of carbonyl (C=O) groups excluding carboxylic acids is 1. The number of benzene rings is 2. The highest BCUT2D eigenvalue weighted by Crippen LogP contribution is 2.22. The molecule has 0 aliphatic heterocycles. The van der Waals surface area contributed by atoms with Crippen LogP contribution in [0.2, 0.25) is 0 Å². The molecular formula is C23H19FN4O3S. The van der Waals surface area contributed by atoms with E-state index >= 15 is 4.39 Å². The summed E-state index contributed by atoms with van der Waals surface area (Å²) in [6.45, 7) is 0.253. The van der Waals surface area contributed by atoms with Gasteiger partial charge in [0.05, 0.1) is 28.5 Å². The number of nitrogens with zero attached hydrogens (tertiary/aromatic N) is 3. The van der Waals surface area contributed by atoms with Gasteiger partial charge in [0.15, 0.2) is 5.78 Å². The number of halogens is 1. The molecule has 4 aromatic rings. The molecule has 2 aromatic heterocycles. The van der Waals surface area contributed by atoms with Crippen molar-refractivity contribution >= 4 is 28.1 Å². The third-order valence-electron chi connectivity index (χ3n) is 4.93. The summed E-state index contributed by atoms with van der Waals surface area (Å²) >= 11 is -2.10. The van der Waals surface area contributed by atoms with E-state index in [4.69, 9.17) is 4.55 Å². The summed E-state index contributed by atoms with van der Waals surface area (Å²) in [6, 6.07) is 13.3. The zero-order valence-corrected chi connectivity index (χ0v) is 17.7. The van der Waals surface area contributed by atoms with Gasteiger partial charge < -0.3 is 0 Å². The van der Waals surface area contributed by atoms with Gasteiger partial charge in [-0.2, -0.15) is 0 Å². The van der Waals surface area contributed by atoms with Crippen molar-refractivity contribution < 1.29 is 17.9 Å². The molecule has 0 amide bonds. The van der Waals surface area contributed by atoms with E-state index in [1.165, 1.54) is 6.07 Å². The molecule has 1 atom stereocenters. The summed E-state index contributed by atoms with van der Waals surface area (Å²) in [5, 5.41) is 0. The summed E-state index contributed by atoms with van der Waals surface area (Å²) in [4.78, 5) is 26.1. The second-order valence-corrected chi connectivity index (χ2v) is 7.84. The molecule has 0 bridgehead atoms. The average Bonchev–Trinajstić information content (AvgIpc) is 2.82.